The van der Waals surface area contributed by atoms with Crippen LogP contribution in [-0.2, 0) is 112 Å². The number of hydrogen-bond acceptors (Lipinski definition) is 26. The first-order valence-electron chi connectivity index (χ1n) is 48.1. The van der Waals surface area contributed by atoms with Crippen LogP contribution >= 0.6 is 0 Å². The number of guanidine groups is 1. The number of fused-ring (bicyclic) bond motifs is 2. The van der Waals surface area contributed by atoms with E-state index in [1.807, 2.05) is 12.1 Å². The van der Waals surface area contributed by atoms with E-state index in [0.717, 1.165) is 60.2 Å². The number of unbranched alkanes of at least 4 members (excludes halogenated alkanes) is 13. The van der Waals surface area contributed by atoms with E-state index in [2.05, 4.69) is 110 Å². The number of nitrogens with two attached hydrogens (primary N) is 3. The first-order chi connectivity index (χ1) is 66.9. The molecule has 2 fully saturated rings. The maximum absolute atomic E-state index is 15.4. The minimum Gasteiger partial charge on any atom is -0.394 e. The molecule has 5 aromatic rings. The van der Waals surface area contributed by atoms with Gasteiger partial charge >= 0.3 is 0 Å². The van der Waals surface area contributed by atoms with E-state index in [0.29, 0.717) is 24.0 Å². The molecule has 0 spiro atoms. The number of ether oxygens (including phenoxy) is 2. The Labute approximate surface area is 807 Å². The minimum absolute atomic E-state index is 0.00886. The number of carbonyl (C=O) groups is 16. The number of primary amides is 2. The van der Waals surface area contributed by atoms with Crippen LogP contribution in [0.5, 0.6) is 0 Å². The number of benzene rings is 2. The van der Waals surface area contributed by atoms with Gasteiger partial charge in [0.1, 0.15) is 78.9 Å². The van der Waals surface area contributed by atoms with Crippen molar-refractivity contribution in [3.63, 3.8) is 0 Å². The van der Waals surface area contributed by atoms with Crippen molar-refractivity contribution in [2.24, 2.45) is 17.2 Å². The number of aromatic nitrogens is 7. The predicted octanol–water partition coefficient (Wildman–Crippen LogP) is -2.95. The zero-order chi connectivity index (χ0) is 101. The average Bonchev–Trinajstić information content (AvgIpc) is 1.62. The number of carbonyl (C=O) groups excluding carboxylic acids is 16. The molecule has 5 heterocycles. The number of tetrazole rings is 1. The summed E-state index contributed by atoms with van der Waals surface area (Å²) >= 11 is 0. The van der Waals surface area contributed by atoms with Crippen molar-refractivity contribution < 1.29 is 96.4 Å². The highest BCUT2D eigenvalue weighted by Gasteiger charge is 2.44. The monoisotopic (exact) mass is 1950 g/mol. The zero-order valence-corrected chi connectivity index (χ0v) is 79.7. The van der Waals surface area contributed by atoms with Crippen molar-refractivity contribution in [1.29, 1.82) is 5.41 Å². The molecule has 12 atom stereocenters. The molecule has 2 aromatic carbocycles. The summed E-state index contributed by atoms with van der Waals surface area (Å²) in [6.45, 7) is -0.584. The summed E-state index contributed by atoms with van der Waals surface area (Å²) in [7, 11) is 3.13. The second-order valence-electron chi connectivity index (χ2n) is 35.2. The Hall–Kier alpha value is -13.2. The average molecular weight is 1950 g/mol. The number of aryl methyl sites for hydroxylation is 1. The van der Waals surface area contributed by atoms with Crippen LogP contribution in [-0.4, -0.2) is 315 Å². The van der Waals surface area contributed by atoms with Crippen LogP contribution in [0.4, 0.5) is 0 Å². The van der Waals surface area contributed by atoms with E-state index in [-0.39, 0.29) is 128 Å². The van der Waals surface area contributed by atoms with Crippen LogP contribution < -0.4 is 91.6 Å². The molecule has 47 heteroatoms. The highest BCUT2D eigenvalue weighted by molar-refractivity contribution is 6.01. The standard InChI is InChI=1S/C92H143N27O20/c1-4-5-30-65(82(128)109-68-37-39-78(124)98-40-25-24-32-64(81(94)127)105-86(132)70(47-59-50-101-63-31-23-22-29-62(59)63)110-83(129)66(33-26-41-100-92(95)96)106-85(131)69(46-58-27-18-17-19-28-58)112-90(136)74-49-61(121)53-119(74)91(68)137)107-88(134)72(54-118(2)3)113-87(133)71(48-60-51-97-57-103-60)111-84(130)67(36-38-75(93)122)108-89(135)73(55-120)104-79(125)52-102-80(126)56-139-45-44-138-43-42-99-77(123)35-21-16-14-12-10-8-6-7-9-11-13-15-20-34-76-114-116-117-115-76/h17-19,22-23,27-29,31,50-51,57,61,64-74,101,120-121H,4-16,20-21,24-26,30,32-49,52-56H2,1-3H3,(H2,93,122)(H2,94,127)(H,97,103)(H,98,124)(H,99,123)(H,102,126)(H,104,125)(H,105,132)(H,106,131)(H,107,134)(H,108,135)(H,109,128)(H,110,129)(H,111,130)(H,112,136)(H,113,133)(H4,95,96,100)(H,114,115,116,117)/t61-,64+,65+,66+,67+,68+,69-,70+,71+,72+,73+,74+/m1/s1. The Bertz CT molecular complexity index is 4720. The molecular weight excluding hydrogens is 1800 g/mol. The predicted molar refractivity (Wildman–Crippen MR) is 508 cm³/mol. The van der Waals surface area contributed by atoms with E-state index >= 15 is 19.2 Å². The van der Waals surface area contributed by atoms with Gasteiger partial charge in [-0.3, -0.25) is 82.1 Å². The fourth-order valence-electron chi connectivity index (χ4n) is 16.0. The van der Waals surface area contributed by atoms with Crippen LogP contribution in [0.1, 0.15) is 203 Å². The third-order valence-electron chi connectivity index (χ3n) is 23.5. The number of H-pyrrole nitrogens is 3. The van der Waals surface area contributed by atoms with Gasteiger partial charge in [-0.25, -0.2) is 10.1 Å². The van der Waals surface area contributed by atoms with Crippen LogP contribution in [0.3, 0.4) is 0 Å². The highest BCUT2D eigenvalue weighted by atomic mass is 16.5. The third kappa shape index (κ3) is 42.8. The van der Waals surface area contributed by atoms with Crippen LogP contribution in [0.15, 0.2) is 73.3 Å². The summed E-state index contributed by atoms with van der Waals surface area (Å²) in [6.07, 6.45) is 17.1. The molecule has 766 valence electrons. The van der Waals surface area contributed by atoms with Crippen molar-refractivity contribution >= 4 is 111 Å². The topological polar surface area (TPSA) is 708 Å². The molecule has 26 N–H and O–H groups in total. The van der Waals surface area contributed by atoms with E-state index in [1.54, 1.807) is 69.7 Å². The summed E-state index contributed by atoms with van der Waals surface area (Å²) < 4.78 is 10.9. The largest absolute Gasteiger partial charge is 0.394 e. The quantitative estimate of drug-likeness (QED) is 0.0105. The van der Waals surface area contributed by atoms with E-state index in [9.17, 15) is 67.7 Å². The van der Waals surface area contributed by atoms with Crippen molar-refractivity contribution in [3.8, 4) is 0 Å². The van der Waals surface area contributed by atoms with E-state index < -0.39 is 220 Å². The number of likely N-dealkylation sites (N-methyl/N-ethyl adjacent to an activating group) is 1. The van der Waals surface area contributed by atoms with Gasteiger partial charge in [0.25, 0.3) is 0 Å². The Morgan fingerprint density at radius 3 is 1.91 bits per heavy atom. The second-order valence-corrected chi connectivity index (χ2v) is 35.2. The highest BCUT2D eigenvalue weighted by Crippen LogP contribution is 2.24. The minimum atomic E-state index is -1.76. The van der Waals surface area contributed by atoms with Crippen LogP contribution in [0, 0.1) is 5.41 Å². The molecule has 2 aliphatic rings. The lowest BCUT2D eigenvalue weighted by atomic mass is 10.0. The number of para-hydroxylation sites is 1. The molecule has 2 saturated heterocycles. The number of amides is 16. The number of nitrogens with zero attached hydrogens (tertiary/aromatic N) is 6. The summed E-state index contributed by atoms with van der Waals surface area (Å²) in [5, 5.41) is 80.9. The van der Waals surface area contributed by atoms with Crippen LogP contribution in [0.25, 0.3) is 10.9 Å². The number of aliphatic hydroxyl groups excluding tert-OH is 2. The van der Waals surface area contributed by atoms with Crippen molar-refractivity contribution in [3.05, 3.63) is 96.0 Å². The van der Waals surface area contributed by atoms with E-state index in [1.165, 1.54) is 68.8 Å². The number of hydrogen-bond donors (Lipinski definition) is 23. The fraction of sp³-hybridized carbons (Fsp3) is 0.620. The number of rotatable bonds is 57. The van der Waals surface area contributed by atoms with Gasteiger partial charge in [0.05, 0.1) is 51.1 Å². The maximum Gasteiger partial charge on any atom is 0.246 e. The smallest absolute Gasteiger partial charge is 0.246 e. The Balaban J connectivity index is 0.967. The van der Waals surface area contributed by atoms with Gasteiger partial charge in [-0.15, -0.1) is 5.10 Å². The normalized spacial score (nSPS) is 18.7. The van der Waals surface area contributed by atoms with Gasteiger partial charge in [-0.05, 0) is 106 Å². The van der Waals surface area contributed by atoms with Crippen LogP contribution in [0.2, 0.25) is 0 Å². The van der Waals surface area contributed by atoms with Gasteiger partial charge in [0.2, 0.25) is 94.5 Å². The molecule has 7 rings (SSSR count). The first kappa shape index (κ1) is 113. The van der Waals surface area contributed by atoms with Crippen molar-refractivity contribution in [1.82, 2.24) is 120 Å². The molecule has 0 saturated carbocycles. The lowest BCUT2D eigenvalue weighted by Crippen LogP contribution is -2.62. The van der Waals surface area contributed by atoms with Gasteiger partial charge in [0.15, 0.2) is 5.96 Å². The molecular formula is C92H143N27O20. The third-order valence-corrected chi connectivity index (χ3v) is 23.5. The lowest BCUT2D eigenvalue weighted by molar-refractivity contribution is -0.143. The molecule has 0 aliphatic carbocycles. The summed E-state index contributed by atoms with van der Waals surface area (Å²) in [5.41, 5.74) is 19.0. The Kier molecular flexibility index (Phi) is 50.9. The Morgan fingerprint density at radius 1 is 0.612 bits per heavy atom. The number of aliphatic hydroxyl groups is 2. The number of nitrogens with one attached hydrogen (secondary N) is 18. The summed E-state index contributed by atoms with van der Waals surface area (Å²) in [6, 6.07) is -1.48. The first-order valence-corrected chi connectivity index (χ1v) is 48.1. The molecule has 3 aromatic heterocycles. The number of imidazole rings is 1. The van der Waals surface area contributed by atoms with Gasteiger partial charge < -0.3 is 131 Å². The summed E-state index contributed by atoms with van der Waals surface area (Å²) in [5.74, 6) is -13.5. The fourth-order valence-corrected chi connectivity index (χ4v) is 16.0. The maximum atomic E-state index is 15.4. The van der Waals surface area contributed by atoms with Gasteiger partial charge in [-0.2, -0.15) is 0 Å². The SMILES string of the molecule is CCCC[C@H](NC(=O)[C@H](CN(C)C)NC(=O)[C@H](Cc1c[nH]cn1)NC(=O)[C@H](CCC(N)=O)NC(=O)[C@H](CO)NC(=O)CNC(=O)COCCOCCNC(=O)CCCCCCCCCCCCCCCc1nnn[nH]1)C(=O)N[C@H]1CCC(=O)NCCCC[C@@H](C(N)=O)NC(=O)[C@H](Cc2c[nH]c3ccccc23)NC(=O)[C@H](CCCNC(=N)N)NC(=O)[C@@H](Cc2ccccc2)NC(=O)[C@@H]2C[C@@H](O)CN2C1=O. The second kappa shape index (κ2) is 62.6. The molecule has 0 bridgehead atoms. The molecule has 16 amide bonds. The molecule has 0 radical (unpaired) electrons. The van der Waals surface area contributed by atoms with Crippen molar-refractivity contribution in [2.45, 2.75) is 279 Å². The summed E-state index contributed by atoms with van der Waals surface area (Å²) in [4.78, 5) is 238. The van der Waals surface area contributed by atoms with Gasteiger partial charge in [-0.1, -0.05) is 139 Å². The number of aromatic amines is 3. The zero-order valence-electron chi connectivity index (χ0n) is 79.7. The lowest BCUT2D eigenvalue weighted by Gasteiger charge is -2.31. The molecule has 47 nitrogen and oxygen atoms in total. The molecule has 139 heavy (non-hydrogen) atoms. The van der Waals surface area contributed by atoms with E-state index in [4.69, 9.17) is 32.1 Å². The molecule has 0 unspecified atom stereocenters. The Morgan fingerprint density at radius 2 is 1.24 bits per heavy atom. The van der Waals surface area contributed by atoms with Crippen molar-refractivity contribution in [2.75, 3.05) is 86.4 Å². The van der Waals surface area contributed by atoms with Gasteiger partial charge in [0, 0.05) is 107 Å². The molecule has 2 aliphatic heterocycles.